The number of hydrogen-bond donors (Lipinski definition) is 1. The Morgan fingerprint density at radius 3 is 2.65 bits per heavy atom. The van der Waals surface area contributed by atoms with Crippen molar-refractivity contribution in [3.05, 3.63) is 64.8 Å². The van der Waals surface area contributed by atoms with Gasteiger partial charge < -0.3 is 14.6 Å². The Balaban J connectivity index is 1.74. The fourth-order valence-corrected chi connectivity index (χ4v) is 4.58. The zero-order valence-corrected chi connectivity index (χ0v) is 17.9. The van der Waals surface area contributed by atoms with Crippen molar-refractivity contribution >= 4 is 28.5 Å². The van der Waals surface area contributed by atoms with E-state index in [2.05, 4.69) is 26.8 Å². The Kier molecular flexibility index (Phi) is 4.50. The van der Waals surface area contributed by atoms with Crippen molar-refractivity contribution in [3.8, 4) is 11.5 Å². The first kappa shape index (κ1) is 19.6. The van der Waals surface area contributed by atoms with E-state index in [4.69, 9.17) is 14.5 Å². The van der Waals surface area contributed by atoms with Crippen LogP contribution >= 0.6 is 0 Å². The van der Waals surface area contributed by atoms with Crippen molar-refractivity contribution in [2.24, 2.45) is 11.3 Å². The molecule has 2 aliphatic rings. The Labute approximate surface area is 181 Å². The Bertz CT molecular complexity index is 1240. The Morgan fingerprint density at radius 2 is 1.87 bits per heavy atom. The van der Waals surface area contributed by atoms with Crippen LogP contribution in [0.2, 0.25) is 0 Å². The van der Waals surface area contributed by atoms with Crippen molar-refractivity contribution in [2.45, 2.75) is 33.6 Å². The topological polar surface area (TPSA) is 68.7 Å². The SMILES string of the molecule is CC(C)(C)C1CC(=Cc2ccc3c(c2)OCO3)c2nc3ccccc3c(C(=O)O)c2C1. The average Bonchev–Trinajstić information content (AvgIpc) is 3.19. The lowest BCUT2D eigenvalue weighted by Gasteiger charge is -2.36. The van der Waals surface area contributed by atoms with Gasteiger partial charge in [-0.1, -0.05) is 45.0 Å². The van der Waals surface area contributed by atoms with Crippen LogP contribution in [-0.4, -0.2) is 22.9 Å². The second-order valence-corrected chi connectivity index (χ2v) is 9.39. The first-order valence-electron chi connectivity index (χ1n) is 10.6. The summed E-state index contributed by atoms with van der Waals surface area (Å²) in [4.78, 5) is 17.3. The van der Waals surface area contributed by atoms with E-state index in [1.165, 1.54) is 0 Å². The second-order valence-electron chi connectivity index (χ2n) is 9.39. The number of fused-ring (bicyclic) bond motifs is 3. The lowest BCUT2D eigenvalue weighted by Crippen LogP contribution is -2.28. The number of benzene rings is 2. The summed E-state index contributed by atoms with van der Waals surface area (Å²) in [5.74, 6) is 0.889. The van der Waals surface area contributed by atoms with Crippen LogP contribution in [0.15, 0.2) is 42.5 Å². The highest BCUT2D eigenvalue weighted by Crippen LogP contribution is 2.45. The van der Waals surface area contributed by atoms with Gasteiger partial charge in [0.2, 0.25) is 6.79 Å². The number of para-hydroxylation sites is 1. The molecule has 5 heteroatoms. The van der Waals surface area contributed by atoms with E-state index in [1.54, 1.807) is 0 Å². The quantitative estimate of drug-likeness (QED) is 0.572. The molecular weight excluding hydrogens is 390 g/mol. The number of ether oxygens (including phenoxy) is 2. The molecule has 2 heterocycles. The van der Waals surface area contributed by atoms with Crippen molar-refractivity contribution in [2.75, 3.05) is 6.79 Å². The molecule has 1 aliphatic carbocycles. The van der Waals surface area contributed by atoms with E-state index >= 15 is 0 Å². The van der Waals surface area contributed by atoms with E-state index in [9.17, 15) is 9.90 Å². The maximum atomic E-state index is 12.4. The maximum absolute atomic E-state index is 12.4. The van der Waals surface area contributed by atoms with Crippen molar-refractivity contribution in [1.82, 2.24) is 4.98 Å². The molecule has 5 nitrogen and oxygen atoms in total. The van der Waals surface area contributed by atoms with Gasteiger partial charge in [-0.05, 0) is 65.1 Å². The number of aromatic carboxylic acids is 1. The van der Waals surface area contributed by atoms with E-state index in [0.717, 1.165) is 40.3 Å². The number of aromatic nitrogens is 1. The molecule has 5 rings (SSSR count). The third-order valence-electron chi connectivity index (χ3n) is 6.39. The maximum Gasteiger partial charge on any atom is 0.336 e. The lowest BCUT2D eigenvalue weighted by molar-refractivity contribution is 0.0696. The zero-order chi connectivity index (χ0) is 21.8. The molecule has 0 radical (unpaired) electrons. The van der Waals surface area contributed by atoms with Gasteiger partial charge in [0, 0.05) is 5.39 Å². The minimum Gasteiger partial charge on any atom is -0.478 e. The van der Waals surface area contributed by atoms with Crippen LogP contribution in [0.5, 0.6) is 11.5 Å². The summed E-state index contributed by atoms with van der Waals surface area (Å²) in [6.07, 6.45) is 3.66. The number of carboxylic acid groups (broad SMARTS) is 1. The Morgan fingerprint density at radius 1 is 1.10 bits per heavy atom. The summed E-state index contributed by atoms with van der Waals surface area (Å²) in [5.41, 5.74) is 4.82. The van der Waals surface area contributed by atoms with Crippen LogP contribution < -0.4 is 9.47 Å². The van der Waals surface area contributed by atoms with E-state index in [-0.39, 0.29) is 12.2 Å². The summed E-state index contributed by atoms with van der Waals surface area (Å²) in [5, 5.41) is 10.8. The zero-order valence-electron chi connectivity index (χ0n) is 17.9. The Hall–Kier alpha value is -3.34. The largest absolute Gasteiger partial charge is 0.478 e. The molecule has 0 amide bonds. The van der Waals surface area contributed by atoms with E-state index in [0.29, 0.717) is 28.8 Å². The van der Waals surface area contributed by atoms with Crippen molar-refractivity contribution in [1.29, 1.82) is 0 Å². The number of rotatable bonds is 2. The van der Waals surface area contributed by atoms with Gasteiger partial charge >= 0.3 is 5.97 Å². The molecule has 31 heavy (non-hydrogen) atoms. The summed E-state index contributed by atoms with van der Waals surface area (Å²) < 4.78 is 11.0. The van der Waals surface area contributed by atoms with Gasteiger partial charge in [0.25, 0.3) is 0 Å². The van der Waals surface area contributed by atoms with Crippen LogP contribution in [-0.2, 0) is 6.42 Å². The summed E-state index contributed by atoms with van der Waals surface area (Å²) in [7, 11) is 0. The molecule has 0 fully saturated rings. The molecule has 3 aromatic rings. The van der Waals surface area contributed by atoms with Crippen molar-refractivity contribution in [3.63, 3.8) is 0 Å². The minimum absolute atomic E-state index is 0.0348. The third-order valence-corrected chi connectivity index (χ3v) is 6.39. The summed E-state index contributed by atoms with van der Waals surface area (Å²) in [6, 6.07) is 13.4. The van der Waals surface area contributed by atoms with Gasteiger partial charge in [0.15, 0.2) is 11.5 Å². The number of carbonyl (C=O) groups is 1. The number of hydrogen-bond acceptors (Lipinski definition) is 4. The van der Waals surface area contributed by atoms with Gasteiger partial charge in [0.1, 0.15) is 0 Å². The molecule has 0 saturated carbocycles. The molecule has 158 valence electrons. The highest BCUT2D eigenvalue weighted by molar-refractivity contribution is 6.06. The first-order chi connectivity index (χ1) is 14.8. The van der Waals surface area contributed by atoms with Crippen molar-refractivity contribution < 1.29 is 19.4 Å². The van der Waals surface area contributed by atoms with Crippen LogP contribution in [0.1, 0.15) is 54.4 Å². The average molecular weight is 415 g/mol. The lowest BCUT2D eigenvalue weighted by atomic mass is 9.69. The van der Waals surface area contributed by atoms with Gasteiger partial charge in [-0.25, -0.2) is 9.78 Å². The van der Waals surface area contributed by atoms with Gasteiger partial charge in [0.05, 0.1) is 16.8 Å². The summed E-state index contributed by atoms with van der Waals surface area (Å²) >= 11 is 0. The molecule has 0 bridgehead atoms. The van der Waals surface area contributed by atoms with Gasteiger partial charge in [-0.2, -0.15) is 0 Å². The standard InChI is InChI=1S/C26H25NO4/c1-26(2,3)17-12-16(10-15-8-9-21-22(11-15)31-14-30-21)24-19(13-17)23(25(28)29)18-6-4-5-7-20(18)27-24/h4-11,17H,12-14H2,1-3H3,(H,28,29). The molecule has 1 aromatic heterocycles. The molecule has 1 aliphatic heterocycles. The molecule has 1 N–H and O–H groups in total. The van der Waals surface area contributed by atoms with E-state index < -0.39 is 5.97 Å². The number of pyridine rings is 1. The molecule has 2 aromatic carbocycles. The third kappa shape index (κ3) is 3.44. The predicted molar refractivity (Wildman–Crippen MR) is 120 cm³/mol. The molecular formula is C26H25NO4. The molecule has 1 unspecified atom stereocenters. The molecule has 0 saturated heterocycles. The highest BCUT2D eigenvalue weighted by atomic mass is 16.7. The minimum atomic E-state index is -0.896. The second kappa shape index (κ2) is 7.12. The normalized spacial score (nSPS) is 18.9. The number of carboxylic acids is 1. The fraction of sp³-hybridized carbons (Fsp3) is 0.308. The van der Waals surface area contributed by atoms with Crippen LogP contribution in [0, 0.1) is 11.3 Å². The number of nitrogens with zero attached hydrogens (tertiary/aromatic N) is 1. The fourth-order valence-electron chi connectivity index (χ4n) is 4.58. The monoisotopic (exact) mass is 415 g/mol. The van der Waals surface area contributed by atoms with E-state index in [1.807, 2.05) is 42.5 Å². The number of allylic oxidation sites excluding steroid dienone is 1. The highest BCUT2D eigenvalue weighted by Gasteiger charge is 2.35. The van der Waals surface area contributed by atoms with Crippen LogP contribution in [0.25, 0.3) is 22.6 Å². The smallest absolute Gasteiger partial charge is 0.336 e. The predicted octanol–water partition coefficient (Wildman–Crippen LogP) is 5.81. The van der Waals surface area contributed by atoms with Gasteiger partial charge in [-0.3, -0.25) is 0 Å². The summed E-state index contributed by atoms with van der Waals surface area (Å²) in [6.45, 7) is 6.89. The first-order valence-corrected chi connectivity index (χ1v) is 10.6. The molecule has 1 atom stereocenters. The van der Waals surface area contributed by atoms with Crippen LogP contribution in [0.3, 0.4) is 0 Å². The molecule has 0 spiro atoms. The van der Waals surface area contributed by atoms with Gasteiger partial charge in [-0.15, -0.1) is 0 Å². The van der Waals surface area contributed by atoms with Crippen LogP contribution in [0.4, 0.5) is 0 Å².